The van der Waals surface area contributed by atoms with Crippen LogP contribution in [0.2, 0.25) is 0 Å². The third kappa shape index (κ3) is 3.36. The molecule has 0 aliphatic heterocycles. The first-order chi connectivity index (χ1) is 10.4. The van der Waals surface area contributed by atoms with E-state index in [1.54, 1.807) is 11.1 Å². The highest BCUT2D eigenvalue weighted by atomic mass is 14.9. The van der Waals surface area contributed by atoms with Crippen molar-refractivity contribution in [2.45, 2.75) is 44.1 Å². The summed E-state index contributed by atoms with van der Waals surface area (Å²) in [5.74, 6) is 0.696. The minimum absolute atomic E-state index is 0.609. The molecule has 0 heterocycles. The van der Waals surface area contributed by atoms with Crippen molar-refractivity contribution in [3.8, 4) is 0 Å². The lowest BCUT2D eigenvalue weighted by atomic mass is 9.89. The maximum absolute atomic E-state index is 3.57. The molecule has 0 spiro atoms. The van der Waals surface area contributed by atoms with E-state index in [0.717, 1.165) is 0 Å². The Morgan fingerprint density at radius 2 is 1.81 bits per heavy atom. The number of hydrogen-bond donors (Lipinski definition) is 1. The van der Waals surface area contributed by atoms with Gasteiger partial charge in [0, 0.05) is 6.04 Å². The zero-order valence-electron chi connectivity index (χ0n) is 12.9. The van der Waals surface area contributed by atoms with Crippen molar-refractivity contribution < 1.29 is 0 Å². The highest BCUT2D eigenvalue weighted by Gasteiger charge is 2.28. The van der Waals surface area contributed by atoms with Gasteiger partial charge in [-0.25, -0.2) is 0 Å². The van der Waals surface area contributed by atoms with Crippen LogP contribution < -0.4 is 5.32 Å². The van der Waals surface area contributed by atoms with Crippen LogP contribution in [-0.4, -0.2) is 13.1 Å². The van der Waals surface area contributed by atoms with Crippen molar-refractivity contribution in [1.29, 1.82) is 0 Å². The molecule has 3 rings (SSSR count). The van der Waals surface area contributed by atoms with Crippen LogP contribution >= 0.6 is 0 Å². The summed E-state index contributed by atoms with van der Waals surface area (Å²) >= 11 is 0. The number of aryl methyl sites for hydroxylation is 2. The molecule has 0 saturated carbocycles. The Balaban J connectivity index is 1.59. The van der Waals surface area contributed by atoms with Crippen LogP contribution in [0.1, 0.15) is 41.9 Å². The largest absolute Gasteiger partial charge is 0.316 e. The van der Waals surface area contributed by atoms with E-state index in [2.05, 4.69) is 67.0 Å². The molecule has 110 valence electrons. The predicted octanol–water partition coefficient (Wildman–Crippen LogP) is 4.33. The Hall–Kier alpha value is -1.60. The quantitative estimate of drug-likeness (QED) is 0.830. The molecule has 0 aromatic heterocycles. The molecule has 0 fully saturated rings. The highest BCUT2D eigenvalue weighted by molar-refractivity contribution is 5.36. The SMILES string of the molecule is CNC(CCCc1ccccc1)C1CCc2ccccc21. The fourth-order valence-electron chi connectivity index (χ4n) is 3.73. The molecule has 1 heteroatoms. The van der Waals surface area contributed by atoms with Gasteiger partial charge in [0.15, 0.2) is 0 Å². The Morgan fingerprint density at radius 1 is 1.05 bits per heavy atom. The molecule has 0 bridgehead atoms. The summed E-state index contributed by atoms with van der Waals surface area (Å²) in [6.45, 7) is 0. The summed E-state index contributed by atoms with van der Waals surface area (Å²) < 4.78 is 0. The topological polar surface area (TPSA) is 12.0 Å². The zero-order valence-corrected chi connectivity index (χ0v) is 12.9. The number of nitrogens with one attached hydrogen (secondary N) is 1. The number of rotatable bonds is 6. The molecule has 2 aromatic carbocycles. The summed E-state index contributed by atoms with van der Waals surface area (Å²) in [4.78, 5) is 0. The van der Waals surface area contributed by atoms with Crippen molar-refractivity contribution in [3.05, 3.63) is 71.3 Å². The van der Waals surface area contributed by atoms with Gasteiger partial charge >= 0.3 is 0 Å². The van der Waals surface area contributed by atoms with E-state index in [1.807, 2.05) is 0 Å². The second kappa shape index (κ2) is 6.91. The van der Waals surface area contributed by atoms with Gasteiger partial charge in [-0.2, -0.15) is 0 Å². The van der Waals surface area contributed by atoms with E-state index in [1.165, 1.54) is 37.7 Å². The lowest BCUT2D eigenvalue weighted by molar-refractivity contribution is 0.422. The second-order valence-electron chi connectivity index (χ2n) is 6.12. The first-order valence-electron chi connectivity index (χ1n) is 8.17. The van der Waals surface area contributed by atoms with E-state index in [-0.39, 0.29) is 0 Å². The molecule has 2 aromatic rings. The van der Waals surface area contributed by atoms with Crippen LogP contribution in [0.15, 0.2) is 54.6 Å². The minimum Gasteiger partial charge on any atom is -0.316 e. The lowest BCUT2D eigenvalue weighted by Crippen LogP contribution is -2.31. The van der Waals surface area contributed by atoms with Gasteiger partial charge in [0.25, 0.3) is 0 Å². The summed E-state index contributed by atoms with van der Waals surface area (Å²) in [5.41, 5.74) is 4.60. The molecule has 1 N–H and O–H groups in total. The fraction of sp³-hybridized carbons (Fsp3) is 0.400. The smallest absolute Gasteiger partial charge is 0.0133 e. The molecule has 0 amide bonds. The van der Waals surface area contributed by atoms with Crippen LogP contribution in [-0.2, 0) is 12.8 Å². The van der Waals surface area contributed by atoms with Crippen LogP contribution in [0.25, 0.3) is 0 Å². The number of hydrogen-bond acceptors (Lipinski definition) is 1. The van der Waals surface area contributed by atoms with Crippen LogP contribution in [0.3, 0.4) is 0 Å². The molecule has 2 unspecified atom stereocenters. The fourth-order valence-corrected chi connectivity index (χ4v) is 3.73. The zero-order chi connectivity index (χ0) is 14.5. The highest BCUT2D eigenvalue weighted by Crippen LogP contribution is 2.36. The van der Waals surface area contributed by atoms with Gasteiger partial charge in [-0.1, -0.05) is 54.6 Å². The first-order valence-corrected chi connectivity index (χ1v) is 8.17. The van der Waals surface area contributed by atoms with Crippen molar-refractivity contribution in [1.82, 2.24) is 5.32 Å². The van der Waals surface area contributed by atoms with Crippen molar-refractivity contribution in [3.63, 3.8) is 0 Å². The van der Waals surface area contributed by atoms with E-state index in [9.17, 15) is 0 Å². The van der Waals surface area contributed by atoms with E-state index in [0.29, 0.717) is 12.0 Å². The summed E-state index contributed by atoms with van der Waals surface area (Å²) in [6.07, 6.45) is 6.25. The van der Waals surface area contributed by atoms with E-state index < -0.39 is 0 Å². The van der Waals surface area contributed by atoms with Gasteiger partial charge in [0.05, 0.1) is 0 Å². The Bertz CT molecular complexity index is 561. The molecule has 1 aliphatic rings. The number of fused-ring (bicyclic) bond motifs is 1. The maximum atomic E-state index is 3.57. The maximum Gasteiger partial charge on any atom is 0.0133 e. The van der Waals surface area contributed by atoms with Crippen molar-refractivity contribution >= 4 is 0 Å². The molecule has 21 heavy (non-hydrogen) atoms. The monoisotopic (exact) mass is 279 g/mol. The van der Waals surface area contributed by atoms with Gasteiger partial charge in [0.2, 0.25) is 0 Å². The molecule has 1 aliphatic carbocycles. The normalized spacial score (nSPS) is 18.4. The first kappa shape index (κ1) is 14.3. The Morgan fingerprint density at radius 3 is 2.62 bits per heavy atom. The lowest BCUT2D eigenvalue weighted by Gasteiger charge is -2.24. The minimum atomic E-state index is 0.609. The molecule has 2 atom stereocenters. The second-order valence-corrected chi connectivity index (χ2v) is 6.12. The molecule has 0 saturated heterocycles. The van der Waals surface area contributed by atoms with E-state index >= 15 is 0 Å². The van der Waals surface area contributed by atoms with Crippen LogP contribution in [0.4, 0.5) is 0 Å². The van der Waals surface area contributed by atoms with Crippen molar-refractivity contribution in [2.75, 3.05) is 7.05 Å². The predicted molar refractivity (Wildman–Crippen MR) is 89.7 cm³/mol. The summed E-state index contributed by atoms with van der Waals surface area (Å²) in [7, 11) is 2.12. The number of benzene rings is 2. The molecular formula is C20H25N. The molecule has 0 radical (unpaired) electrons. The van der Waals surface area contributed by atoms with Crippen molar-refractivity contribution in [2.24, 2.45) is 0 Å². The third-order valence-corrected chi connectivity index (χ3v) is 4.86. The van der Waals surface area contributed by atoms with E-state index in [4.69, 9.17) is 0 Å². The van der Waals surface area contributed by atoms with Gasteiger partial charge in [-0.05, 0) is 61.8 Å². The van der Waals surface area contributed by atoms with Crippen LogP contribution in [0.5, 0.6) is 0 Å². The summed E-state index contributed by atoms with van der Waals surface area (Å²) in [5, 5.41) is 3.57. The van der Waals surface area contributed by atoms with Gasteiger partial charge in [0.1, 0.15) is 0 Å². The molecular weight excluding hydrogens is 254 g/mol. The van der Waals surface area contributed by atoms with Gasteiger partial charge in [-0.15, -0.1) is 0 Å². The molecule has 1 nitrogen and oxygen atoms in total. The van der Waals surface area contributed by atoms with Gasteiger partial charge < -0.3 is 5.32 Å². The summed E-state index contributed by atoms with van der Waals surface area (Å²) in [6, 6.07) is 20.4. The Labute approximate surface area is 128 Å². The standard InChI is InChI=1S/C20H25N/c1-21-20(13-7-10-16-8-3-2-4-9-16)19-15-14-17-11-5-6-12-18(17)19/h2-6,8-9,11-12,19-21H,7,10,13-15H2,1H3. The average molecular weight is 279 g/mol. The average Bonchev–Trinajstić information content (AvgIpc) is 2.97. The van der Waals surface area contributed by atoms with Gasteiger partial charge in [-0.3, -0.25) is 0 Å². The third-order valence-electron chi connectivity index (χ3n) is 4.86. The Kier molecular flexibility index (Phi) is 4.72. The van der Waals surface area contributed by atoms with Crippen LogP contribution in [0, 0.1) is 0 Å². The number of likely N-dealkylation sites (N-methyl/N-ethyl adjacent to an activating group) is 1.